The number of rotatable bonds is 0. The van der Waals surface area contributed by atoms with Crippen molar-refractivity contribution in [2.45, 2.75) is 51.4 Å². The van der Waals surface area contributed by atoms with E-state index in [0.717, 1.165) is 5.66 Å². The van der Waals surface area contributed by atoms with Crippen molar-refractivity contribution in [1.82, 2.24) is 0 Å². The van der Waals surface area contributed by atoms with Gasteiger partial charge in [0.1, 0.15) is 7.57 Å². The van der Waals surface area contributed by atoms with Crippen molar-refractivity contribution in [1.29, 1.82) is 0 Å². The van der Waals surface area contributed by atoms with E-state index in [0.29, 0.717) is 12.7 Å². The zero-order chi connectivity index (χ0) is 8.70. The van der Waals surface area contributed by atoms with Crippen LogP contribution in [-0.2, 0) is 0 Å². The number of hydrogen-bond acceptors (Lipinski definition) is 0. The van der Waals surface area contributed by atoms with Crippen LogP contribution >= 0.6 is 7.14 Å². The fourth-order valence-electron chi connectivity index (χ4n) is 1.93. The Hall–Kier alpha value is 0.495. The zero-order valence-corrected chi connectivity index (χ0v) is 8.54. The molecule has 2 heteroatoms. The van der Waals surface area contributed by atoms with E-state index in [2.05, 4.69) is 27.7 Å². The van der Waals surface area contributed by atoms with E-state index in [-0.39, 0.29) is 7.14 Å². The van der Waals surface area contributed by atoms with Gasteiger partial charge in [0.25, 0.3) is 0 Å². The summed E-state index contributed by atoms with van der Waals surface area (Å²) in [5.74, 6) is 0. The van der Waals surface area contributed by atoms with Crippen LogP contribution in [0.5, 0.6) is 0 Å². The molecule has 11 heavy (non-hydrogen) atoms. The largest absolute Gasteiger partial charge is 0.150 e. The summed E-state index contributed by atoms with van der Waals surface area (Å²) < 4.78 is 0. The molecule has 0 aromatic carbocycles. The van der Waals surface area contributed by atoms with E-state index in [9.17, 15) is 0 Å². The van der Waals surface area contributed by atoms with Crippen molar-refractivity contribution in [2.24, 2.45) is 0 Å². The van der Waals surface area contributed by atoms with Gasteiger partial charge in [0, 0.05) is 17.0 Å². The monoisotopic (exact) mass is 172 g/mol. The molecule has 1 fully saturated rings. The molecule has 0 aliphatic carbocycles. The van der Waals surface area contributed by atoms with Crippen LogP contribution in [0.1, 0.15) is 40.5 Å². The Morgan fingerprint density at radius 3 is 2.09 bits per heavy atom. The van der Waals surface area contributed by atoms with Crippen molar-refractivity contribution in [3.8, 4) is 0 Å². The van der Waals surface area contributed by atoms with Gasteiger partial charge >= 0.3 is 0 Å². The second kappa shape index (κ2) is 2.77. The molecular weight excluding hydrogens is 150 g/mol. The van der Waals surface area contributed by atoms with Gasteiger partial charge in [-0.3, -0.25) is 0 Å². The van der Waals surface area contributed by atoms with Crippen LogP contribution in [0.25, 0.3) is 0 Å². The third-order valence-corrected chi connectivity index (χ3v) is 6.26. The van der Waals surface area contributed by atoms with E-state index >= 15 is 0 Å². The molecule has 0 bridgehead atoms. The normalized spacial score (nSPS) is 39.5. The first-order valence-electron chi connectivity index (χ1n) is 4.28. The molecule has 0 aromatic rings. The summed E-state index contributed by atoms with van der Waals surface area (Å²) >= 11 is 0. The standard InChI is InChI=1S/C9H22BP/c1-8-6-5-7-11(8,10)9(2,3)4/h8H,5-7H2,1-4,10H3/t8-,11?/m0/s1. The van der Waals surface area contributed by atoms with Crippen molar-refractivity contribution < 1.29 is 0 Å². The summed E-state index contributed by atoms with van der Waals surface area (Å²) in [5, 5.41) is 0.711. The van der Waals surface area contributed by atoms with E-state index in [1.165, 1.54) is 0 Å². The van der Waals surface area contributed by atoms with Crippen molar-refractivity contribution in [2.75, 3.05) is 6.16 Å². The van der Waals surface area contributed by atoms with Gasteiger partial charge in [0.05, 0.1) is 0 Å². The van der Waals surface area contributed by atoms with Crippen LogP contribution in [0, 0.1) is 0 Å². The van der Waals surface area contributed by atoms with Crippen LogP contribution in [-0.4, -0.2) is 24.5 Å². The maximum atomic E-state index is 2.53. The first-order valence-corrected chi connectivity index (χ1v) is 5.88. The molecule has 1 aliphatic heterocycles. The summed E-state index contributed by atoms with van der Waals surface area (Å²) in [6, 6.07) is 0. The highest BCUT2D eigenvalue weighted by Crippen LogP contribution is 2.72. The second-order valence-electron chi connectivity index (χ2n) is 4.36. The van der Waals surface area contributed by atoms with E-state index in [4.69, 9.17) is 0 Å². The molecule has 0 saturated carbocycles. The molecular formula is C9H22BP. The van der Waals surface area contributed by atoms with E-state index < -0.39 is 0 Å². The average molecular weight is 172 g/mol. The van der Waals surface area contributed by atoms with Crippen LogP contribution in [0.15, 0.2) is 0 Å². The maximum Gasteiger partial charge on any atom is 0.127 e. The van der Waals surface area contributed by atoms with E-state index in [1.807, 2.05) is 0 Å². The molecule has 1 saturated heterocycles. The van der Waals surface area contributed by atoms with Gasteiger partial charge in [-0.1, -0.05) is 0 Å². The molecule has 0 amide bonds. The van der Waals surface area contributed by atoms with Crippen molar-refractivity contribution in [3.63, 3.8) is 0 Å². The third kappa shape index (κ3) is 1.50. The van der Waals surface area contributed by atoms with Gasteiger partial charge in [0.2, 0.25) is 0 Å². The average Bonchev–Trinajstić information content (AvgIpc) is 2.12. The Kier molecular flexibility index (Phi) is 2.41. The quantitative estimate of drug-likeness (QED) is 0.388. The summed E-state index contributed by atoms with van der Waals surface area (Å²) in [7, 11) is 0.271. The molecule has 1 unspecified atom stereocenters. The molecule has 2 atom stereocenters. The smallest absolute Gasteiger partial charge is 0.127 e. The lowest BCUT2D eigenvalue weighted by molar-refractivity contribution is 0.764. The van der Waals surface area contributed by atoms with Crippen LogP contribution in [0.3, 0.4) is 0 Å². The summed E-state index contributed by atoms with van der Waals surface area (Å²) in [4.78, 5) is 0. The maximum absolute atomic E-state index is 2.53. The second-order valence-corrected chi connectivity index (χ2v) is 7.97. The van der Waals surface area contributed by atoms with E-state index in [1.54, 1.807) is 19.0 Å². The third-order valence-electron chi connectivity index (χ3n) is 2.41. The highest BCUT2D eigenvalue weighted by Gasteiger charge is 2.45. The minimum atomic E-state index is -0.345. The Labute approximate surface area is 72.8 Å². The van der Waals surface area contributed by atoms with Crippen LogP contribution in [0.2, 0.25) is 0 Å². The fourth-order valence-corrected chi connectivity index (χ4v) is 5.38. The van der Waals surface area contributed by atoms with Crippen LogP contribution in [0.4, 0.5) is 0 Å². The molecule has 0 radical (unpaired) electrons. The summed E-state index contributed by atoms with van der Waals surface area (Å²) in [6.07, 6.45) is 4.75. The SMILES string of the molecule is [BH3-][P+]1(C(C)(C)C)CCC[C@@H]1C. The Balaban J connectivity index is 2.81. The molecule has 0 spiro atoms. The highest BCUT2D eigenvalue weighted by molar-refractivity contribution is 7.99. The molecule has 0 nitrogen and oxygen atoms in total. The molecule has 0 aromatic heterocycles. The molecule has 1 aliphatic rings. The van der Waals surface area contributed by atoms with Crippen LogP contribution < -0.4 is 0 Å². The Morgan fingerprint density at radius 1 is 1.36 bits per heavy atom. The highest BCUT2D eigenvalue weighted by atomic mass is 31.2. The van der Waals surface area contributed by atoms with Crippen molar-refractivity contribution >= 4 is 14.7 Å². The van der Waals surface area contributed by atoms with Gasteiger partial charge in [-0.25, -0.2) is 0 Å². The predicted octanol–water partition coefficient (Wildman–Crippen LogP) is 2.27. The van der Waals surface area contributed by atoms with Gasteiger partial charge < -0.3 is 0 Å². The lowest BCUT2D eigenvalue weighted by Crippen LogP contribution is -2.25. The van der Waals surface area contributed by atoms with Gasteiger partial charge in [-0.05, 0) is 40.5 Å². The lowest BCUT2D eigenvalue weighted by Gasteiger charge is -2.42. The fraction of sp³-hybridized carbons (Fsp3) is 1.00. The van der Waals surface area contributed by atoms with Gasteiger partial charge in [-0.15, -0.1) is 0 Å². The van der Waals surface area contributed by atoms with Gasteiger partial charge in [0.15, 0.2) is 0 Å². The number of hydrogen-bond donors (Lipinski definition) is 0. The molecule has 1 rings (SSSR count). The minimum Gasteiger partial charge on any atom is -0.150 e. The van der Waals surface area contributed by atoms with Crippen molar-refractivity contribution in [3.05, 3.63) is 0 Å². The zero-order valence-electron chi connectivity index (χ0n) is 7.65. The Bertz CT molecular complexity index is 150. The van der Waals surface area contributed by atoms with Gasteiger partial charge in [-0.2, -0.15) is 7.14 Å². The lowest BCUT2D eigenvalue weighted by atomic mass is 10.2. The topological polar surface area (TPSA) is 0 Å². The predicted molar refractivity (Wildman–Crippen MR) is 60.2 cm³/mol. The first-order chi connectivity index (χ1) is 4.88. The minimum absolute atomic E-state index is 0.345. The molecule has 66 valence electrons. The summed E-state index contributed by atoms with van der Waals surface area (Å²) in [6.45, 7) is 10.0. The Morgan fingerprint density at radius 2 is 1.91 bits per heavy atom. The first kappa shape index (κ1) is 9.58. The summed E-state index contributed by atoms with van der Waals surface area (Å²) in [5.41, 5.74) is 1.14. The molecule has 1 heterocycles. The molecule has 0 N–H and O–H groups in total.